The molecule has 0 spiro atoms. The lowest BCUT2D eigenvalue weighted by Crippen LogP contribution is -2.20. The summed E-state index contributed by atoms with van der Waals surface area (Å²) in [5.41, 5.74) is 2.10. The fourth-order valence-corrected chi connectivity index (χ4v) is 3.98. The van der Waals surface area contributed by atoms with E-state index in [2.05, 4.69) is 26.6 Å². The third-order valence-corrected chi connectivity index (χ3v) is 5.80. The molecule has 0 unspecified atom stereocenters. The largest absolute Gasteiger partial charge is 0.493 e. The number of carbonyl (C=O) groups excluding carboxylic acids is 3. The van der Waals surface area contributed by atoms with E-state index in [1.807, 2.05) is 13.0 Å². The van der Waals surface area contributed by atoms with Gasteiger partial charge in [-0.05, 0) is 76.1 Å². The predicted octanol–water partition coefficient (Wildman–Crippen LogP) is 4.76. The summed E-state index contributed by atoms with van der Waals surface area (Å²) in [4.78, 5) is 35.5. The first kappa shape index (κ1) is 22.2. The fraction of sp³-hybridized carbons (Fsp3) is 0.150. The van der Waals surface area contributed by atoms with Gasteiger partial charge in [-0.15, -0.1) is 0 Å². The van der Waals surface area contributed by atoms with Crippen LogP contribution in [0.5, 0.6) is 11.5 Å². The van der Waals surface area contributed by atoms with Crippen LogP contribution in [-0.4, -0.2) is 30.8 Å². The average molecular weight is 512 g/mol. The Hall–Kier alpha value is -2.49. The minimum atomic E-state index is -0.451. The highest BCUT2D eigenvalue weighted by atomic mass is 79.9. The highest BCUT2D eigenvalue weighted by Gasteiger charge is 2.25. The summed E-state index contributed by atoms with van der Waals surface area (Å²) in [5.74, 6) is -0.130. The summed E-state index contributed by atoms with van der Waals surface area (Å²) in [6.07, 6.45) is 1.57. The van der Waals surface area contributed by atoms with E-state index in [9.17, 15) is 14.4 Å². The molecular formula is C20H16BrClN2O5S. The van der Waals surface area contributed by atoms with Crippen molar-refractivity contribution < 1.29 is 23.9 Å². The number of nitrogens with one attached hydrogen (secondary N) is 2. The summed E-state index contributed by atoms with van der Waals surface area (Å²) in [6, 6.07) is 8.55. The second kappa shape index (κ2) is 9.55. The Morgan fingerprint density at radius 1 is 1.30 bits per heavy atom. The molecule has 0 saturated carbocycles. The predicted molar refractivity (Wildman–Crippen MR) is 120 cm³/mol. The summed E-state index contributed by atoms with van der Waals surface area (Å²) >= 11 is 10.3. The average Bonchev–Trinajstić information content (AvgIpc) is 3.00. The number of carbonyl (C=O) groups is 3. The SMILES string of the molecule is COc1cc(/C=C2\SC(=O)NC2=O)cc(Br)c1OCC(=O)Nc1ccc(C)c(Cl)c1. The van der Waals surface area contributed by atoms with Crippen LogP contribution in [-0.2, 0) is 9.59 Å². The molecule has 2 aromatic carbocycles. The van der Waals surface area contributed by atoms with Crippen LogP contribution in [0.25, 0.3) is 6.08 Å². The molecule has 30 heavy (non-hydrogen) atoms. The number of imide groups is 1. The zero-order chi connectivity index (χ0) is 21.8. The number of halogens is 2. The number of aryl methyl sites for hydroxylation is 1. The second-order valence-corrected chi connectivity index (χ2v) is 8.46. The zero-order valence-corrected chi connectivity index (χ0v) is 19.0. The second-order valence-electron chi connectivity index (χ2n) is 6.19. The molecule has 2 aromatic rings. The molecule has 0 atom stereocenters. The summed E-state index contributed by atoms with van der Waals surface area (Å²) in [7, 11) is 1.46. The molecule has 1 aliphatic heterocycles. The number of thioether (sulfide) groups is 1. The molecular weight excluding hydrogens is 496 g/mol. The van der Waals surface area contributed by atoms with Gasteiger partial charge in [-0.3, -0.25) is 19.7 Å². The maximum Gasteiger partial charge on any atom is 0.290 e. The van der Waals surface area contributed by atoms with E-state index in [1.54, 1.807) is 30.3 Å². The van der Waals surface area contributed by atoms with Gasteiger partial charge in [0.1, 0.15) is 0 Å². The van der Waals surface area contributed by atoms with E-state index in [4.69, 9.17) is 21.1 Å². The molecule has 0 radical (unpaired) electrons. The van der Waals surface area contributed by atoms with Gasteiger partial charge in [0, 0.05) is 10.7 Å². The van der Waals surface area contributed by atoms with Crippen molar-refractivity contribution >= 4 is 68.1 Å². The highest BCUT2D eigenvalue weighted by Crippen LogP contribution is 2.38. The number of hydrogen-bond donors (Lipinski definition) is 2. The lowest BCUT2D eigenvalue weighted by molar-refractivity contribution is -0.118. The molecule has 3 amide bonds. The molecule has 1 aliphatic rings. The first-order valence-corrected chi connectivity index (χ1v) is 10.6. The fourth-order valence-electron chi connectivity index (χ4n) is 2.54. The zero-order valence-electron chi connectivity index (χ0n) is 15.9. The van der Waals surface area contributed by atoms with Crippen molar-refractivity contribution in [2.45, 2.75) is 6.92 Å². The first-order valence-electron chi connectivity index (χ1n) is 8.58. The maximum absolute atomic E-state index is 12.2. The lowest BCUT2D eigenvalue weighted by Gasteiger charge is -2.14. The van der Waals surface area contributed by atoms with Gasteiger partial charge in [0.2, 0.25) is 0 Å². The standard InChI is InChI=1S/C20H16BrClN2O5S/c1-10-3-4-12(8-14(10)22)23-17(25)9-29-18-13(21)5-11(6-15(18)28-2)7-16-19(26)24-20(27)30-16/h3-8H,9H2,1-2H3,(H,23,25)(H,24,26,27)/b16-7-. The molecule has 3 rings (SSSR count). The van der Waals surface area contributed by atoms with Gasteiger partial charge < -0.3 is 14.8 Å². The normalized spacial score (nSPS) is 14.6. The van der Waals surface area contributed by atoms with Gasteiger partial charge in [-0.2, -0.15) is 0 Å². The molecule has 0 aliphatic carbocycles. The molecule has 0 aromatic heterocycles. The molecule has 1 saturated heterocycles. The third kappa shape index (κ3) is 5.35. The lowest BCUT2D eigenvalue weighted by atomic mass is 10.2. The smallest absolute Gasteiger partial charge is 0.290 e. The number of hydrogen-bond acceptors (Lipinski definition) is 6. The van der Waals surface area contributed by atoms with E-state index in [-0.39, 0.29) is 17.4 Å². The van der Waals surface area contributed by atoms with E-state index in [0.29, 0.717) is 32.2 Å². The van der Waals surface area contributed by atoms with E-state index in [0.717, 1.165) is 17.3 Å². The Balaban J connectivity index is 1.72. The highest BCUT2D eigenvalue weighted by molar-refractivity contribution is 9.10. The minimum Gasteiger partial charge on any atom is -0.493 e. The van der Waals surface area contributed by atoms with Crippen molar-refractivity contribution in [2.75, 3.05) is 19.0 Å². The van der Waals surface area contributed by atoms with Crippen LogP contribution in [0.2, 0.25) is 5.02 Å². The van der Waals surface area contributed by atoms with Crippen LogP contribution in [0.4, 0.5) is 10.5 Å². The van der Waals surface area contributed by atoms with Crippen LogP contribution in [0.15, 0.2) is 39.7 Å². The Bertz CT molecular complexity index is 1070. The van der Waals surface area contributed by atoms with Gasteiger partial charge in [0.15, 0.2) is 18.1 Å². The van der Waals surface area contributed by atoms with Crippen LogP contribution in [0.1, 0.15) is 11.1 Å². The summed E-state index contributed by atoms with van der Waals surface area (Å²) in [6.45, 7) is 1.61. The maximum atomic E-state index is 12.2. The number of benzene rings is 2. The van der Waals surface area contributed by atoms with Gasteiger partial charge in [0.25, 0.3) is 17.1 Å². The van der Waals surface area contributed by atoms with Gasteiger partial charge in [-0.25, -0.2) is 0 Å². The summed E-state index contributed by atoms with van der Waals surface area (Å²) < 4.78 is 11.5. The van der Waals surface area contributed by atoms with Gasteiger partial charge in [0.05, 0.1) is 16.5 Å². The number of ether oxygens (including phenoxy) is 2. The van der Waals surface area contributed by atoms with Crippen LogP contribution in [0, 0.1) is 6.92 Å². The molecule has 10 heteroatoms. The van der Waals surface area contributed by atoms with E-state index < -0.39 is 11.1 Å². The van der Waals surface area contributed by atoms with Gasteiger partial charge in [-0.1, -0.05) is 17.7 Å². The van der Waals surface area contributed by atoms with Crippen LogP contribution < -0.4 is 20.1 Å². The van der Waals surface area contributed by atoms with Crippen molar-refractivity contribution in [3.8, 4) is 11.5 Å². The molecule has 7 nitrogen and oxygen atoms in total. The monoisotopic (exact) mass is 510 g/mol. The third-order valence-electron chi connectivity index (χ3n) is 3.99. The van der Waals surface area contributed by atoms with E-state index >= 15 is 0 Å². The van der Waals surface area contributed by atoms with Crippen molar-refractivity contribution in [1.29, 1.82) is 0 Å². The Morgan fingerprint density at radius 3 is 2.70 bits per heavy atom. The molecule has 0 bridgehead atoms. The van der Waals surface area contributed by atoms with Gasteiger partial charge >= 0.3 is 0 Å². The van der Waals surface area contributed by atoms with Crippen molar-refractivity contribution in [2.24, 2.45) is 0 Å². The quantitative estimate of drug-likeness (QED) is 0.543. The molecule has 1 fully saturated rings. The minimum absolute atomic E-state index is 0.256. The Kier molecular flexibility index (Phi) is 7.06. The summed E-state index contributed by atoms with van der Waals surface area (Å²) in [5, 5.41) is 5.05. The molecule has 2 N–H and O–H groups in total. The van der Waals surface area contributed by atoms with Crippen LogP contribution >= 0.6 is 39.3 Å². The van der Waals surface area contributed by atoms with Crippen molar-refractivity contribution in [1.82, 2.24) is 5.32 Å². The van der Waals surface area contributed by atoms with Crippen molar-refractivity contribution in [3.63, 3.8) is 0 Å². The Morgan fingerprint density at radius 2 is 2.07 bits per heavy atom. The first-order chi connectivity index (χ1) is 14.3. The number of methoxy groups -OCH3 is 1. The Labute approximate surface area is 190 Å². The number of amides is 3. The van der Waals surface area contributed by atoms with E-state index in [1.165, 1.54) is 7.11 Å². The number of anilines is 1. The molecule has 156 valence electrons. The molecule has 1 heterocycles. The number of rotatable bonds is 6. The topological polar surface area (TPSA) is 93.7 Å². The van der Waals surface area contributed by atoms with Crippen molar-refractivity contribution in [3.05, 3.63) is 55.9 Å². The van der Waals surface area contributed by atoms with Crippen LogP contribution in [0.3, 0.4) is 0 Å².